The van der Waals surface area contributed by atoms with E-state index in [1.54, 1.807) is 6.07 Å². The lowest BCUT2D eigenvalue weighted by molar-refractivity contribution is -0.123. The van der Waals surface area contributed by atoms with Gasteiger partial charge in [-0.2, -0.15) is 0 Å². The second-order valence-corrected chi connectivity index (χ2v) is 7.42. The number of nitrogens with one attached hydrogen (secondary N) is 2. The number of fused-ring (bicyclic) bond motifs is 1. The molecule has 2 aromatic carbocycles. The molecule has 1 heterocycles. The Hall–Kier alpha value is -2.73. The summed E-state index contributed by atoms with van der Waals surface area (Å²) in [5.74, 6) is -0.625. The molecule has 0 radical (unpaired) electrons. The van der Waals surface area contributed by atoms with Gasteiger partial charge in [-0.05, 0) is 56.3 Å². The Morgan fingerprint density at radius 3 is 2.79 bits per heavy atom. The van der Waals surface area contributed by atoms with E-state index < -0.39 is 0 Å². The van der Waals surface area contributed by atoms with Crippen molar-refractivity contribution in [2.75, 3.05) is 26.0 Å². The van der Waals surface area contributed by atoms with Crippen molar-refractivity contribution >= 4 is 17.5 Å². The SMILES string of the molecule is CN(C)C(CNC(=O)CCC1Cc2ccccc2NC1=O)c1cccc(F)c1. The lowest BCUT2D eigenvalue weighted by Gasteiger charge is -2.26. The number of anilines is 1. The lowest BCUT2D eigenvalue weighted by atomic mass is 9.89. The smallest absolute Gasteiger partial charge is 0.227 e. The summed E-state index contributed by atoms with van der Waals surface area (Å²) < 4.78 is 13.5. The van der Waals surface area contributed by atoms with Gasteiger partial charge in [-0.1, -0.05) is 30.3 Å². The zero-order chi connectivity index (χ0) is 20.1. The number of halogens is 1. The number of amides is 2. The molecule has 2 N–H and O–H groups in total. The summed E-state index contributed by atoms with van der Waals surface area (Å²) in [6, 6.07) is 14.0. The van der Waals surface area contributed by atoms with E-state index >= 15 is 0 Å². The Labute approximate surface area is 164 Å². The van der Waals surface area contributed by atoms with E-state index in [0.717, 1.165) is 16.8 Å². The third kappa shape index (κ3) is 4.95. The van der Waals surface area contributed by atoms with Gasteiger partial charge in [-0.3, -0.25) is 9.59 Å². The van der Waals surface area contributed by atoms with Crippen molar-refractivity contribution in [1.82, 2.24) is 10.2 Å². The maximum atomic E-state index is 13.5. The van der Waals surface area contributed by atoms with Crippen LogP contribution in [-0.4, -0.2) is 37.4 Å². The molecule has 0 saturated heterocycles. The zero-order valence-electron chi connectivity index (χ0n) is 16.2. The van der Waals surface area contributed by atoms with Gasteiger partial charge in [0.25, 0.3) is 0 Å². The van der Waals surface area contributed by atoms with Gasteiger partial charge in [0.2, 0.25) is 11.8 Å². The highest BCUT2D eigenvalue weighted by Crippen LogP contribution is 2.27. The molecule has 6 heteroatoms. The standard InChI is InChI=1S/C22H26FN3O2/c1-26(2)20(16-7-5-8-18(23)13-16)14-24-21(27)11-10-17-12-15-6-3-4-9-19(15)25-22(17)28/h3-9,13,17,20H,10-12,14H2,1-2H3,(H,24,27)(H,25,28). The highest BCUT2D eigenvalue weighted by molar-refractivity contribution is 5.96. The second-order valence-electron chi connectivity index (χ2n) is 7.42. The molecule has 148 valence electrons. The van der Waals surface area contributed by atoms with Crippen LogP contribution in [0.5, 0.6) is 0 Å². The van der Waals surface area contributed by atoms with Crippen LogP contribution in [0, 0.1) is 11.7 Å². The fourth-order valence-corrected chi connectivity index (χ4v) is 3.56. The molecule has 2 amide bonds. The van der Waals surface area contributed by atoms with E-state index in [-0.39, 0.29) is 36.0 Å². The number of carbonyl (C=O) groups is 2. The first kappa shape index (κ1) is 20.0. The van der Waals surface area contributed by atoms with Gasteiger partial charge in [0.1, 0.15) is 5.82 Å². The number of hydrogen-bond donors (Lipinski definition) is 2. The van der Waals surface area contributed by atoms with Gasteiger partial charge >= 0.3 is 0 Å². The predicted molar refractivity (Wildman–Crippen MR) is 107 cm³/mol. The van der Waals surface area contributed by atoms with Gasteiger partial charge < -0.3 is 15.5 Å². The van der Waals surface area contributed by atoms with Crippen LogP contribution < -0.4 is 10.6 Å². The molecule has 28 heavy (non-hydrogen) atoms. The van der Waals surface area contributed by atoms with E-state index in [2.05, 4.69) is 10.6 Å². The van der Waals surface area contributed by atoms with Crippen molar-refractivity contribution in [3.8, 4) is 0 Å². The maximum Gasteiger partial charge on any atom is 0.227 e. The van der Waals surface area contributed by atoms with E-state index in [1.807, 2.05) is 49.3 Å². The average molecular weight is 383 g/mol. The minimum absolute atomic E-state index is 0.0302. The van der Waals surface area contributed by atoms with Crippen LogP contribution >= 0.6 is 0 Å². The first-order chi connectivity index (χ1) is 13.4. The molecule has 0 saturated carbocycles. The topological polar surface area (TPSA) is 61.4 Å². The molecule has 1 aliphatic rings. The van der Waals surface area contributed by atoms with Crippen LogP contribution in [0.25, 0.3) is 0 Å². The molecule has 0 fully saturated rings. The largest absolute Gasteiger partial charge is 0.354 e. The van der Waals surface area contributed by atoms with Crippen molar-refractivity contribution < 1.29 is 14.0 Å². The summed E-state index contributed by atoms with van der Waals surface area (Å²) in [4.78, 5) is 26.5. The normalized spacial score (nSPS) is 17.0. The number of benzene rings is 2. The number of para-hydroxylation sites is 1. The van der Waals surface area contributed by atoms with Crippen molar-refractivity contribution in [3.05, 3.63) is 65.5 Å². The van der Waals surface area contributed by atoms with Crippen molar-refractivity contribution in [3.63, 3.8) is 0 Å². The molecular formula is C22H26FN3O2. The summed E-state index contributed by atoms with van der Waals surface area (Å²) in [5, 5.41) is 5.83. The Morgan fingerprint density at radius 2 is 2.04 bits per heavy atom. The summed E-state index contributed by atoms with van der Waals surface area (Å²) in [5.41, 5.74) is 2.77. The number of rotatable bonds is 7. The molecule has 0 aliphatic carbocycles. The van der Waals surface area contributed by atoms with Gasteiger partial charge in [-0.25, -0.2) is 4.39 Å². The Balaban J connectivity index is 1.52. The van der Waals surface area contributed by atoms with E-state index in [0.29, 0.717) is 19.4 Å². The number of nitrogens with zero attached hydrogens (tertiary/aromatic N) is 1. The summed E-state index contributed by atoms with van der Waals surface area (Å²) in [6.07, 6.45) is 1.43. The minimum atomic E-state index is -0.292. The first-order valence-electron chi connectivity index (χ1n) is 9.51. The van der Waals surface area contributed by atoms with Crippen LogP contribution in [0.4, 0.5) is 10.1 Å². The van der Waals surface area contributed by atoms with E-state index in [4.69, 9.17) is 0 Å². The zero-order valence-corrected chi connectivity index (χ0v) is 16.2. The molecule has 0 bridgehead atoms. The van der Waals surface area contributed by atoms with Gasteiger partial charge in [0.15, 0.2) is 0 Å². The molecule has 2 unspecified atom stereocenters. The Morgan fingerprint density at radius 1 is 1.25 bits per heavy atom. The van der Waals surface area contributed by atoms with Crippen molar-refractivity contribution in [2.45, 2.75) is 25.3 Å². The van der Waals surface area contributed by atoms with Gasteiger partial charge in [0, 0.05) is 24.6 Å². The molecule has 2 atom stereocenters. The highest BCUT2D eigenvalue weighted by atomic mass is 19.1. The molecule has 2 aromatic rings. The predicted octanol–water partition coefficient (Wildman–Crippen LogP) is 3.14. The second kappa shape index (κ2) is 8.97. The van der Waals surface area contributed by atoms with E-state index in [1.165, 1.54) is 12.1 Å². The highest BCUT2D eigenvalue weighted by Gasteiger charge is 2.26. The molecular weight excluding hydrogens is 357 g/mol. The van der Waals surface area contributed by atoms with Crippen LogP contribution in [0.15, 0.2) is 48.5 Å². The van der Waals surface area contributed by atoms with Crippen LogP contribution in [0.3, 0.4) is 0 Å². The fourth-order valence-electron chi connectivity index (χ4n) is 3.56. The first-order valence-corrected chi connectivity index (χ1v) is 9.51. The van der Waals surface area contributed by atoms with Gasteiger partial charge in [-0.15, -0.1) is 0 Å². The molecule has 1 aliphatic heterocycles. The van der Waals surface area contributed by atoms with Gasteiger partial charge in [0.05, 0.1) is 6.04 Å². The lowest BCUT2D eigenvalue weighted by Crippen LogP contribution is -2.35. The average Bonchev–Trinajstić information content (AvgIpc) is 2.66. The van der Waals surface area contributed by atoms with Crippen LogP contribution in [0.1, 0.15) is 30.0 Å². The van der Waals surface area contributed by atoms with Crippen molar-refractivity contribution in [2.24, 2.45) is 5.92 Å². The third-order valence-electron chi connectivity index (χ3n) is 5.18. The summed E-state index contributed by atoms with van der Waals surface area (Å²) >= 11 is 0. The Bertz CT molecular complexity index is 853. The van der Waals surface area contributed by atoms with Crippen LogP contribution in [0.2, 0.25) is 0 Å². The minimum Gasteiger partial charge on any atom is -0.354 e. The maximum absolute atomic E-state index is 13.5. The third-order valence-corrected chi connectivity index (χ3v) is 5.18. The fraction of sp³-hybridized carbons (Fsp3) is 0.364. The quantitative estimate of drug-likeness (QED) is 0.772. The number of hydrogen-bond acceptors (Lipinski definition) is 3. The molecule has 3 rings (SSSR count). The number of carbonyl (C=O) groups excluding carboxylic acids is 2. The Kier molecular flexibility index (Phi) is 6.41. The monoisotopic (exact) mass is 383 g/mol. The molecule has 5 nitrogen and oxygen atoms in total. The summed E-state index contributed by atoms with van der Waals surface area (Å²) in [6.45, 7) is 0.384. The molecule has 0 spiro atoms. The number of likely N-dealkylation sites (N-methyl/N-ethyl adjacent to an activating group) is 1. The van der Waals surface area contributed by atoms with Crippen molar-refractivity contribution in [1.29, 1.82) is 0 Å². The van der Waals surface area contributed by atoms with E-state index in [9.17, 15) is 14.0 Å². The molecule has 0 aromatic heterocycles. The van der Waals surface area contributed by atoms with Crippen LogP contribution in [-0.2, 0) is 16.0 Å². The summed E-state index contributed by atoms with van der Waals surface area (Å²) in [7, 11) is 3.79.